The minimum atomic E-state index is 0.653. The van der Waals surface area contributed by atoms with Crippen molar-refractivity contribution in [3.05, 3.63) is 47.5 Å². The van der Waals surface area contributed by atoms with Gasteiger partial charge in [-0.3, -0.25) is 0 Å². The first-order valence-electron chi connectivity index (χ1n) is 6.96. The van der Waals surface area contributed by atoms with Gasteiger partial charge in [-0.15, -0.1) is 0 Å². The highest BCUT2D eigenvalue weighted by Crippen LogP contribution is 2.32. The largest absolute Gasteiger partial charge is 0.491 e. The van der Waals surface area contributed by atoms with Gasteiger partial charge in [0.1, 0.15) is 5.75 Å². The normalized spacial score (nSPS) is 10.3. The number of anilines is 3. The van der Waals surface area contributed by atoms with Crippen molar-refractivity contribution in [2.45, 2.75) is 27.2 Å². The second kappa shape index (κ2) is 6.33. The Morgan fingerprint density at radius 2 is 1.80 bits per heavy atom. The van der Waals surface area contributed by atoms with Crippen LogP contribution in [0.1, 0.15) is 24.5 Å². The van der Waals surface area contributed by atoms with Gasteiger partial charge >= 0.3 is 0 Å². The number of benzene rings is 2. The molecule has 0 spiro atoms. The van der Waals surface area contributed by atoms with Crippen LogP contribution in [-0.2, 0) is 0 Å². The molecule has 0 aliphatic carbocycles. The number of para-hydroxylation sites is 1. The molecule has 2 rings (SSSR count). The van der Waals surface area contributed by atoms with Crippen LogP contribution in [0.15, 0.2) is 36.4 Å². The molecule has 3 nitrogen and oxygen atoms in total. The predicted molar refractivity (Wildman–Crippen MR) is 85.8 cm³/mol. The van der Waals surface area contributed by atoms with Crippen molar-refractivity contribution in [3.63, 3.8) is 0 Å². The van der Waals surface area contributed by atoms with Crippen LogP contribution in [0.4, 0.5) is 17.1 Å². The lowest BCUT2D eigenvalue weighted by Crippen LogP contribution is -2.02. The molecule has 0 fully saturated rings. The maximum absolute atomic E-state index is 6.16. The van der Waals surface area contributed by atoms with Gasteiger partial charge < -0.3 is 15.8 Å². The number of nitrogens with one attached hydrogen (secondary N) is 1. The zero-order valence-corrected chi connectivity index (χ0v) is 12.4. The molecule has 0 unspecified atom stereocenters. The molecule has 0 amide bonds. The van der Waals surface area contributed by atoms with Crippen LogP contribution >= 0.6 is 0 Å². The summed E-state index contributed by atoms with van der Waals surface area (Å²) in [5, 5.41) is 3.37. The monoisotopic (exact) mass is 270 g/mol. The van der Waals surface area contributed by atoms with Crippen LogP contribution in [-0.4, -0.2) is 6.61 Å². The zero-order valence-electron chi connectivity index (χ0n) is 12.4. The number of hydrogen-bond donors (Lipinski definition) is 2. The summed E-state index contributed by atoms with van der Waals surface area (Å²) < 4.78 is 5.65. The molecule has 0 aliphatic heterocycles. The van der Waals surface area contributed by atoms with Gasteiger partial charge in [0.15, 0.2) is 0 Å². The highest BCUT2D eigenvalue weighted by molar-refractivity contribution is 5.77. The molecule has 2 aromatic carbocycles. The minimum Gasteiger partial charge on any atom is -0.491 e. The summed E-state index contributed by atoms with van der Waals surface area (Å²) in [7, 11) is 0. The molecule has 3 heteroatoms. The molecule has 2 aromatic rings. The van der Waals surface area contributed by atoms with Gasteiger partial charge in [-0.05, 0) is 55.7 Å². The molecular weight excluding hydrogens is 248 g/mol. The van der Waals surface area contributed by atoms with Gasteiger partial charge in [-0.25, -0.2) is 0 Å². The lowest BCUT2D eigenvalue weighted by Gasteiger charge is -2.14. The molecule has 0 atom stereocenters. The highest BCUT2D eigenvalue weighted by atomic mass is 16.5. The quantitative estimate of drug-likeness (QED) is 0.791. The Hall–Kier alpha value is -2.16. The third kappa shape index (κ3) is 3.44. The van der Waals surface area contributed by atoms with E-state index in [2.05, 4.69) is 44.3 Å². The first-order chi connectivity index (χ1) is 9.60. The van der Waals surface area contributed by atoms with Crippen LogP contribution in [0.5, 0.6) is 5.75 Å². The molecule has 0 aliphatic rings. The molecular formula is C17H22N2O. The maximum atomic E-state index is 6.16. The van der Waals surface area contributed by atoms with Crippen molar-refractivity contribution < 1.29 is 4.74 Å². The Labute approximate surface area is 120 Å². The number of nitrogens with two attached hydrogens (primary N) is 1. The number of rotatable bonds is 5. The molecule has 106 valence electrons. The number of aryl methyl sites for hydroxylation is 2. The zero-order chi connectivity index (χ0) is 14.5. The Kier molecular flexibility index (Phi) is 4.51. The molecule has 0 aromatic heterocycles. The molecule has 0 bridgehead atoms. The van der Waals surface area contributed by atoms with Crippen LogP contribution in [0.3, 0.4) is 0 Å². The van der Waals surface area contributed by atoms with Crippen molar-refractivity contribution in [1.29, 1.82) is 0 Å². The fourth-order valence-corrected chi connectivity index (χ4v) is 2.19. The standard InChI is InChI=1S/C17H22N2O/c1-4-8-20-16-7-5-6-15(17(16)18)19-14-10-12(2)9-13(3)11-14/h5-7,9-11,19H,4,8,18H2,1-3H3. The van der Waals surface area contributed by atoms with Crippen molar-refractivity contribution in [2.75, 3.05) is 17.7 Å². The number of nitrogen functional groups attached to an aromatic ring is 1. The van der Waals surface area contributed by atoms with E-state index in [0.717, 1.165) is 23.5 Å². The summed E-state index contributed by atoms with van der Waals surface area (Å²) in [6.07, 6.45) is 0.966. The lowest BCUT2D eigenvalue weighted by atomic mass is 10.1. The number of hydrogen-bond acceptors (Lipinski definition) is 3. The Balaban J connectivity index is 2.24. The molecule has 20 heavy (non-hydrogen) atoms. The third-order valence-corrected chi connectivity index (χ3v) is 3.03. The smallest absolute Gasteiger partial charge is 0.144 e. The van der Waals surface area contributed by atoms with E-state index >= 15 is 0 Å². The van der Waals surface area contributed by atoms with Crippen LogP contribution in [0, 0.1) is 13.8 Å². The fraction of sp³-hybridized carbons (Fsp3) is 0.294. The van der Waals surface area contributed by atoms with Crippen molar-refractivity contribution >= 4 is 17.1 Å². The van der Waals surface area contributed by atoms with Gasteiger partial charge in [0, 0.05) is 5.69 Å². The molecule has 3 N–H and O–H groups in total. The van der Waals surface area contributed by atoms with Gasteiger partial charge in [-0.1, -0.05) is 19.1 Å². The van der Waals surface area contributed by atoms with Gasteiger partial charge in [0.25, 0.3) is 0 Å². The summed E-state index contributed by atoms with van der Waals surface area (Å²) >= 11 is 0. The average molecular weight is 270 g/mol. The van der Waals surface area contributed by atoms with Gasteiger partial charge in [0.2, 0.25) is 0 Å². The maximum Gasteiger partial charge on any atom is 0.144 e. The minimum absolute atomic E-state index is 0.653. The molecule has 0 heterocycles. The summed E-state index contributed by atoms with van der Waals surface area (Å²) in [6.45, 7) is 6.93. The van der Waals surface area contributed by atoms with Crippen molar-refractivity contribution in [1.82, 2.24) is 0 Å². The Morgan fingerprint density at radius 1 is 1.10 bits per heavy atom. The van der Waals surface area contributed by atoms with Gasteiger partial charge in [-0.2, -0.15) is 0 Å². The van der Waals surface area contributed by atoms with E-state index in [4.69, 9.17) is 10.5 Å². The van der Waals surface area contributed by atoms with Crippen LogP contribution in [0.2, 0.25) is 0 Å². The van der Waals surface area contributed by atoms with E-state index in [-0.39, 0.29) is 0 Å². The van der Waals surface area contributed by atoms with Crippen molar-refractivity contribution in [2.24, 2.45) is 0 Å². The van der Waals surface area contributed by atoms with Crippen LogP contribution < -0.4 is 15.8 Å². The highest BCUT2D eigenvalue weighted by Gasteiger charge is 2.06. The van der Waals surface area contributed by atoms with E-state index in [1.165, 1.54) is 11.1 Å². The second-order valence-corrected chi connectivity index (χ2v) is 5.07. The van der Waals surface area contributed by atoms with E-state index in [9.17, 15) is 0 Å². The SMILES string of the molecule is CCCOc1cccc(Nc2cc(C)cc(C)c2)c1N. The Bertz CT molecular complexity index is 573. The van der Waals surface area contributed by atoms with E-state index in [0.29, 0.717) is 12.3 Å². The van der Waals surface area contributed by atoms with E-state index < -0.39 is 0 Å². The molecule has 0 saturated heterocycles. The first kappa shape index (κ1) is 14.3. The van der Waals surface area contributed by atoms with Crippen molar-refractivity contribution in [3.8, 4) is 5.75 Å². The summed E-state index contributed by atoms with van der Waals surface area (Å²) in [5.74, 6) is 0.737. The first-order valence-corrected chi connectivity index (χ1v) is 6.96. The van der Waals surface area contributed by atoms with E-state index in [1.807, 2.05) is 18.2 Å². The topological polar surface area (TPSA) is 47.3 Å². The summed E-state index contributed by atoms with van der Waals surface area (Å²) in [6, 6.07) is 12.2. The van der Waals surface area contributed by atoms with E-state index in [1.54, 1.807) is 0 Å². The summed E-state index contributed by atoms with van der Waals surface area (Å²) in [4.78, 5) is 0. The predicted octanol–water partition coefficient (Wildman–Crippen LogP) is 4.42. The van der Waals surface area contributed by atoms with Gasteiger partial charge in [0.05, 0.1) is 18.0 Å². The number of ether oxygens (including phenoxy) is 1. The summed E-state index contributed by atoms with van der Waals surface area (Å²) in [5.41, 5.74) is 11.2. The molecule has 0 radical (unpaired) electrons. The molecule has 0 saturated carbocycles. The third-order valence-electron chi connectivity index (χ3n) is 3.03. The second-order valence-electron chi connectivity index (χ2n) is 5.07. The lowest BCUT2D eigenvalue weighted by molar-refractivity contribution is 0.319. The fourth-order valence-electron chi connectivity index (χ4n) is 2.19. The van der Waals surface area contributed by atoms with Crippen LogP contribution in [0.25, 0.3) is 0 Å². The average Bonchev–Trinajstić information content (AvgIpc) is 2.38. The Morgan fingerprint density at radius 3 is 2.45 bits per heavy atom.